The molecule has 1 aromatic carbocycles. The number of nitrogens with one attached hydrogen (secondary N) is 1. The lowest BCUT2D eigenvalue weighted by Gasteiger charge is -2.33. The van der Waals surface area contributed by atoms with E-state index in [2.05, 4.69) is 5.32 Å². The number of ether oxygens (including phenoxy) is 2. The van der Waals surface area contributed by atoms with Gasteiger partial charge in [0.25, 0.3) is 5.91 Å². The monoisotopic (exact) mass is 488 g/mol. The first-order valence-corrected chi connectivity index (χ1v) is 12.5. The number of methoxy groups -OCH3 is 1. The number of hydrogen-bond donors (Lipinski definition) is 2. The van der Waals surface area contributed by atoms with Crippen LogP contribution in [-0.4, -0.2) is 85.6 Å². The van der Waals surface area contributed by atoms with Crippen molar-refractivity contribution in [2.45, 2.75) is 64.6 Å². The second kappa shape index (κ2) is 11.9. The van der Waals surface area contributed by atoms with E-state index in [4.69, 9.17) is 15.2 Å². The molecule has 3 N–H and O–H groups in total. The molecule has 9 heteroatoms. The highest BCUT2D eigenvalue weighted by Crippen LogP contribution is 2.29. The van der Waals surface area contributed by atoms with E-state index in [-0.39, 0.29) is 41.8 Å². The van der Waals surface area contributed by atoms with Crippen LogP contribution >= 0.6 is 0 Å². The maximum absolute atomic E-state index is 13.6. The third kappa shape index (κ3) is 7.18. The van der Waals surface area contributed by atoms with Crippen LogP contribution in [0.25, 0.3) is 0 Å². The van der Waals surface area contributed by atoms with E-state index in [1.807, 2.05) is 25.7 Å². The zero-order valence-electron chi connectivity index (χ0n) is 21.4. The van der Waals surface area contributed by atoms with Crippen molar-refractivity contribution < 1.29 is 23.9 Å². The van der Waals surface area contributed by atoms with Gasteiger partial charge in [0.15, 0.2) is 0 Å². The van der Waals surface area contributed by atoms with Gasteiger partial charge in [-0.3, -0.25) is 14.4 Å². The Morgan fingerprint density at radius 2 is 2.06 bits per heavy atom. The average molecular weight is 489 g/mol. The van der Waals surface area contributed by atoms with Gasteiger partial charge in [0, 0.05) is 44.8 Å². The van der Waals surface area contributed by atoms with Crippen LogP contribution in [-0.2, 0) is 14.3 Å². The quantitative estimate of drug-likeness (QED) is 0.548. The topological polar surface area (TPSA) is 114 Å². The Hall–Kier alpha value is -2.65. The van der Waals surface area contributed by atoms with Crippen molar-refractivity contribution in [2.24, 2.45) is 11.1 Å². The van der Waals surface area contributed by atoms with E-state index in [1.165, 1.54) is 0 Å². The number of rotatable bonds is 9. The SMILES string of the molecule is COc1cccc(C(=O)N2CC(N(CC3CCCO3)C(=O)CC(C)(C)C)CC2C(=O)NCCN)c1. The van der Waals surface area contributed by atoms with Gasteiger partial charge in [0.1, 0.15) is 11.8 Å². The van der Waals surface area contributed by atoms with Crippen molar-refractivity contribution in [3.8, 4) is 5.75 Å². The number of hydrogen-bond acceptors (Lipinski definition) is 6. The molecule has 0 spiro atoms. The zero-order valence-corrected chi connectivity index (χ0v) is 21.4. The molecule has 35 heavy (non-hydrogen) atoms. The molecular formula is C26H40N4O5. The molecule has 0 bridgehead atoms. The first kappa shape index (κ1) is 26.9. The van der Waals surface area contributed by atoms with Crippen LogP contribution in [0.4, 0.5) is 0 Å². The fourth-order valence-electron chi connectivity index (χ4n) is 4.77. The van der Waals surface area contributed by atoms with Gasteiger partial charge < -0.3 is 30.3 Å². The minimum Gasteiger partial charge on any atom is -0.497 e. The van der Waals surface area contributed by atoms with Crippen molar-refractivity contribution in [3.63, 3.8) is 0 Å². The predicted molar refractivity (Wildman–Crippen MR) is 133 cm³/mol. The predicted octanol–water partition coefficient (Wildman–Crippen LogP) is 1.80. The summed E-state index contributed by atoms with van der Waals surface area (Å²) in [6.45, 7) is 8.17. The van der Waals surface area contributed by atoms with Crippen LogP contribution in [0.15, 0.2) is 24.3 Å². The first-order chi connectivity index (χ1) is 16.6. The second-order valence-corrected chi connectivity index (χ2v) is 10.6. The molecule has 2 fully saturated rings. The van der Waals surface area contributed by atoms with Crippen LogP contribution in [0.3, 0.4) is 0 Å². The van der Waals surface area contributed by atoms with E-state index in [1.54, 1.807) is 36.3 Å². The zero-order chi connectivity index (χ0) is 25.6. The third-order valence-electron chi connectivity index (χ3n) is 6.47. The molecule has 3 atom stereocenters. The van der Waals surface area contributed by atoms with Crippen LogP contribution in [0.5, 0.6) is 5.75 Å². The number of carbonyl (C=O) groups is 3. The van der Waals surface area contributed by atoms with E-state index in [9.17, 15) is 14.4 Å². The van der Waals surface area contributed by atoms with Crippen molar-refractivity contribution in [1.29, 1.82) is 0 Å². The van der Waals surface area contributed by atoms with Gasteiger partial charge in [-0.25, -0.2) is 0 Å². The Balaban J connectivity index is 1.88. The van der Waals surface area contributed by atoms with Gasteiger partial charge in [0.05, 0.1) is 19.3 Å². The van der Waals surface area contributed by atoms with E-state index in [0.29, 0.717) is 50.4 Å². The summed E-state index contributed by atoms with van der Waals surface area (Å²) >= 11 is 0. The molecule has 3 amide bonds. The average Bonchev–Trinajstić information content (AvgIpc) is 3.49. The largest absolute Gasteiger partial charge is 0.497 e. The maximum atomic E-state index is 13.6. The molecule has 2 saturated heterocycles. The molecule has 2 heterocycles. The van der Waals surface area contributed by atoms with Crippen molar-refractivity contribution >= 4 is 17.7 Å². The van der Waals surface area contributed by atoms with Crippen LogP contribution < -0.4 is 15.8 Å². The molecule has 194 valence electrons. The summed E-state index contributed by atoms with van der Waals surface area (Å²) in [7, 11) is 1.54. The summed E-state index contributed by atoms with van der Waals surface area (Å²) in [6.07, 6.45) is 2.60. The number of likely N-dealkylation sites (tertiary alicyclic amines) is 1. The molecule has 0 aromatic heterocycles. The summed E-state index contributed by atoms with van der Waals surface area (Å²) < 4.78 is 11.1. The molecule has 3 unspecified atom stereocenters. The Morgan fingerprint density at radius 1 is 1.29 bits per heavy atom. The molecule has 0 radical (unpaired) electrons. The normalized spacial score (nSPS) is 22.2. The van der Waals surface area contributed by atoms with Gasteiger partial charge >= 0.3 is 0 Å². The lowest BCUT2D eigenvalue weighted by atomic mass is 9.91. The Kier molecular flexibility index (Phi) is 9.13. The second-order valence-electron chi connectivity index (χ2n) is 10.6. The van der Waals surface area contributed by atoms with Crippen LogP contribution in [0.2, 0.25) is 0 Å². The summed E-state index contributed by atoms with van der Waals surface area (Å²) in [5, 5.41) is 2.82. The summed E-state index contributed by atoms with van der Waals surface area (Å²) in [4.78, 5) is 43.5. The highest BCUT2D eigenvalue weighted by atomic mass is 16.5. The van der Waals surface area contributed by atoms with Crippen molar-refractivity contribution in [2.75, 3.05) is 39.9 Å². The van der Waals surface area contributed by atoms with Crippen molar-refractivity contribution in [1.82, 2.24) is 15.1 Å². The molecule has 3 rings (SSSR count). The van der Waals surface area contributed by atoms with E-state index >= 15 is 0 Å². The third-order valence-corrected chi connectivity index (χ3v) is 6.47. The van der Waals surface area contributed by atoms with Gasteiger partial charge in [-0.05, 0) is 42.9 Å². The lowest BCUT2D eigenvalue weighted by molar-refractivity contribution is -0.137. The Labute approximate surface area is 208 Å². The van der Waals surface area contributed by atoms with Gasteiger partial charge in [0.2, 0.25) is 11.8 Å². The fourth-order valence-corrected chi connectivity index (χ4v) is 4.77. The number of benzene rings is 1. The van der Waals surface area contributed by atoms with Crippen LogP contribution in [0.1, 0.15) is 56.8 Å². The highest BCUT2D eigenvalue weighted by Gasteiger charge is 2.44. The summed E-state index contributed by atoms with van der Waals surface area (Å²) in [6, 6.07) is 5.92. The minimum atomic E-state index is -0.695. The van der Waals surface area contributed by atoms with Gasteiger partial charge in [-0.1, -0.05) is 26.8 Å². The number of nitrogens with two attached hydrogens (primary N) is 1. The molecule has 0 saturated carbocycles. The maximum Gasteiger partial charge on any atom is 0.254 e. The number of carbonyl (C=O) groups excluding carboxylic acids is 3. The van der Waals surface area contributed by atoms with E-state index in [0.717, 1.165) is 12.8 Å². The van der Waals surface area contributed by atoms with Gasteiger partial charge in [-0.15, -0.1) is 0 Å². The molecule has 0 aliphatic carbocycles. The molecule has 1 aromatic rings. The number of amides is 3. The Morgan fingerprint density at radius 3 is 2.69 bits per heavy atom. The molecule has 2 aliphatic rings. The summed E-state index contributed by atoms with van der Waals surface area (Å²) in [5.74, 6) is 0.0695. The van der Waals surface area contributed by atoms with Gasteiger partial charge in [-0.2, -0.15) is 0 Å². The fraction of sp³-hybridized carbons (Fsp3) is 0.654. The van der Waals surface area contributed by atoms with E-state index < -0.39 is 6.04 Å². The summed E-state index contributed by atoms with van der Waals surface area (Å²) in [5.41, 5.74) is 5.84. The standard InChI is InChI=1S/C26H40N4O5/c1-26(2,3)15-23(31)29(17-21-9-6-12-35-21)19-14-22(24(32)28-11-10-27)30(16-19)25(33)18-7-5-8-20(13-18)34-4/h5,7-8,13,19,21-22H,6,9-12,14-17,27H2,1-4H3,(H,28,32). The molecule has 9 nitrogen and oxygen atoms in total. The smallest absolute Gasteiger partial charge is 0.254 e. The Bertz CT molecular complexity index is 894. The number of nitrogens with zero attached hydrogens (tertiary/aromatic N) is 2. The molecular weight excluding hydrogens is 448 g/mol. The highest BCUT2D eigenvalue weighted by molar-refractivity contribution is 5.98. The molecule has 2 aliphatic heterocycles. The van der Waals surface area contributed by atoms with Crippen molar-refractivity contribution in [3.05, 3.63) is 29.8 Å². The van der Waals surface area contributed by atoms with Crippen LogP contribution in [0, 0.1) is 5.41 Å². The lowest BCUT2D eigenvalue weighted by Crippen LogP contribution is -2.47. The minimum absolute atomic E-state index is 0.0217. The first-order valence-electron chi connectivity index (χ1n) is 12.5.